The molecule has 0 saturated carbocycles. The van der Waals surface area contributed by atoms with Gasteiger partial charge >= 0.3 is 0 Å². The van der Waals surface area contributed by atoms with Crippen LogP contribution in [0, 0.1) is 6.92 Å². The average Bonchev–Trinajstić information content (AvgIpc) is 2.14. The monoisotopic (exact) mass is 297 g/mol. The van der Waals surface area contributed by atoms with Gasteiger partial charge in [0.2, 0.25) is 0 Å². The number of aryl methyl sites for hydroxylation is 1. The predicted octanol–water partition coefficient (Wildman–Crippen LogP) is 2.51. The molecular weight excluding hydrogens is 273 g/mol. The van der Waals surface area contributed by atoms with E-state index in [4.69, 9.17) is 5.11 Å². The van der Waals surface area contributed by atoms with Crippen molar-refractivity contribution in [2.75, 3.05) is 0 Å². The van der Waals surface area contributed by atoms with E-state index in [1.54, 1.807) is 20.0 Å². The molecule has 0 unspecified atom stereocenters. The molecule has 1 rings (SSSR count). The maximum absolute atomic E-state index is 8.06. The first kappa shape index (κ1) is 22.7. The molecule has 0 aliphatic carbocycles. The van der Waals surface area contributed by atoms with Crippen molar-refractivity contribution < 1.29 is 5.11 Å². The van der Waals surface area contributed by atoms with Crippen molar-refractivity contribution >= 4 is 24.8 Å². The second kappa shape index (κ2) is 13.0. The lowest BCUT2D eigenvalue weighted by Crippen LogP contribution is -2.22. The van der Waals surface area contributed by atoms with Crippen LogP contribution in [0.5, 0.6) is 0 Å². The number of aliphatic hydroxyl groups excluding tert-OH is 1. The highest BCUT2D eigenvalue weighted by Gasteiger charge is 1.96. The first-order valence-electron chi connectivity index (χ1n) is 5.61. The van der Waals surface area contributed by atoms with E-state index < -0.39 is 0 Å². The Bertz CT molecular complexity index is 294. The molecule has 1 heterocycles. The number of hydrogen-bond acceptors (Lipinski definition) is 4. The highest BCUT2D eigenvalue weighted by Crippen LogP contribution is 1.94. The predicted molar refractivity (Wildman–Crippen MR) is 80.6 cm³/mol. The summed E-state index contributed by atoms with van der Waals surface area (Å²) in [5.74, 6) is 0.832. The Morgan fingerprint density at radius 2 is 1.72 bits per heavy atom. The summed E-state index contributed by atoms with van der Waals surface area (Å²) >= 11 is 0. The minimum Gasteiger partial charge on any atom is -0.394 e. The molecule has 2 N–H and O–H groups in total. The van der Waals surface area contributed by atoms with Crippen LogP contribution in [0.3, 0.4) is 0 Å². The van der Waals surface area contributed by atoms with E-state index in [1.807, 2.05) is 13.0 Å². The molecule has 0 aliphatic rings. The summed E-state index contributed by atoms with van der Waals surface area (Å²) in [6.45, 7) is 10.4. The van der Waals surface area contributed by atoms with Gasteiger partial charge in [0.05, 0.1) is 5.69 Å². The maximum Gasteiger partial charge on any atom is 0.125 e. The summed E-state index contributed by atoms with van der Waals surface area (Å²) in [6.07, 6.45) is 1.62. The number of aromatic nitrogens is 2. The van der Waals surface area contributed by atoms with Gasteiger partial charge in [-0.05, 0) is 26.8 Å². The van der Waals surface area contributed by atoms with Crippen LogP contribution in [-0.2, 0) is 6.54 Å². The number of nitrogens with zero attached hydrogens (tertiary/aromatic N) is 2. The average molecular weight is 298 g/mol. The van der Waals surface area contributed by atoms with Crippen molar-refractivity contribution in [3.8, 4) is 0 Å². The van der Waals surface area contributed by atoms with Gasteiger partial charge in [-0.15, -0.1) is 24.8 Å². The second-order valence-electron chi connectivity index (χ2n) is 4.22. The standard InChI is InChI=1S/C9H15N3.C3H8O.2ClH/c1-7(2)11-6-9-4-5-10-8(3)12-9;1-3(2)4;;/h4-5,7,11H,6H2,1-3H3;3-4H,1-2H3;2*1H. The summed E-state index contributed by atoms with van der Waals surface area (Å²) in [5, 5.41) is 11.4. The van der Waals surface area contributed by atoms with E-state index >= 15 is 0 Å². The Morgan fingerprint density at radius 3 is 2.11 bits per heavy atom. The van der Waals surface area contributed by atoms with E-state index in [1.165, 1.54) is 0 Å². The van der Waals surface area contributed by atoms with E-state index in [0.717, 1.165) is 18.1 Å². The zero-order chi connectivity index (χ0) is 12.6. The summed E-state index contributed by atoms with van der Waals surface area (Å²) in [6, 6.07) is 2.43. The molecule has 0 fully saturated rings. The molecule has 0 aliphatic heterocycles. The quantitative estimate of drug-likeness (QED) is 0.900. The normalized spacial score (nSPS) is 9.11. The SMILES string of the molecule is CC(C)O.Cc1nccc(CNC(C)C)n1.Cl.Cl. The zero-order valence-electron chi connectivity index (χ0n) is 11.7. The lowest BCUT2D eigenvalue weighted by molar-refractivity contribution is 0.216. The number of hydrogen-bond donors (Lipinski definition) is 2. The van der Waals surface area contributed by atoms with Crippen molar-refractivity contribution in [3.63, 3.8) is 0 Å². The molecule has 4 nitrogen and oxygen atoms in total. The van der Waals surface area contributed by atoms with Crippen LogP contribution in [0.25, 0.3) is 0 Å². The van der Waals surface area contributed by atoms with Crippen LogP contribution >= 0.6 is 24.8 Å². The summed E-state index contributed by atoms with van der Waals surface area (Å²) < 4.78 is 0. The van der Waals surface area contributed by atoms with Crippen molar-refractivity contribution in [2.24, 2.45) is 0 Å². The Kier molecular flexibility index (Phi) is 16.4. The fourth-order valence-corrected chi connectivity index (χ4v) is 0.912. The van der Waals surface area contributed by atoms with Crippen LogP contribution in [0.1, 0.15) is 39.2 Å². The number of aliphatic hydroxyl groups is 1. The van der Waals surface area contributed by atoms with Crippen LogP contribution < -0.4 is 5.32 Å². The van der Waals surface area contributed by atoms with Gasteiger partial charge in [0.25, 0.3) is 0 Å². The Balaban J connectivity index is -0.000000332. The highest BCUT2D eigenvalue weighted by molar-refractivity contribution is 5.85. The van der Waals surface area contributed by atoms with Crippen LogP contribution in [0.15, 0.2) is 12.3 Å². The largest absolute Gasteiger partial charge is 0.394 e. The first-order valence-corrected chi connectivity index (χ1v) is 5.61. The lowest BCUT2D eigenvalue weighted by Gasteiger charge is -2.06. The summed E-state index contributed by atoms with van der Waals surface area (Å²) in [4.78, 5) is 8.30. The molecule has 108 valence electrons. The molecule has 0 aromatic carbocycles. The van der Waals surface area contributed by atoms with Gasteiger partial charge in [-0.25, -0.2) is 9.97 Å². The maximum atomic E-state index is 8.06. The lowest BCUT2D eigenvalue weighted by atomic mass is 10.3. The number of rotatable bonds is 3. The van der Waals surface area contributed by atoms with Crippen molar-refractivity contribution in [1.29, 1.82) is 0 Å². The van der Waals surface area contributed by atoms with Crippen LogP contribution in [-0.4, -0.2) is 27.2 Å². The second-order valence-corrected chi connectivity index (χ2v) is 4.22. The molecule has 0 saturated heterocycles. The fourth-order valence-electron chi connectivity index (χ4n) is 0.912. The zero-order valence-corrected chi connectivity index (χ0v) is 13.3. The van der Waals surface area contributed by atoms with Crippen molar-refractivity contribution in [3.05, 3.63) is 23.8 Å². The molecule has 6 heteroatoms. The summed E-state index contributed by atoms with van der Waals surface area (Å²) in [5.41, 5.74) is 1.05. The fraction of sp³-hybridized carbons (Fsp3) is 0.667. The minimum atomic E-state index is -0.167. The number of nitrogens with one attached hydrogen (secondary N) is 1. The molecule has 1 aromatic heterocycles. The smallest absolute Gasteiger partial charge is 0.125 e. The highest BCUT2D eigenvalue weighted by atomic mass is 35.5. The molecule has 0 amide bonds. The minimum absolute atomic E-state index is 0. The van der Waals surface area contributed by atoms with Crippen LogP contribution in [0.4, 0.5) is 0 Å². The summed E-state index contributed by atoms with van der Waals surface area (Å²) in [7, 11) is 0. The molecule has 0 spiro atoms. The van der Waals surface area contributed by atoms with Gasteiger partial charge in [-0.2, -0.15) is 0 Å². The van der Waals surface area contributed by atoms with Crippen molar-refractivity contribution in [1.82, 2.24) is 15.3 Å². The third kappa shape index (κ3) is 15.6. The van der Waals surface area contributed by atoms with Gasteiger partial charge < -0.3 is 10.4 Å². The molecule has 0 bridgehead atoms. The Labute approximate surface area is 122 Å². The molecule has 18 heavy (non-hydrogen) atoms. The number of halogens is 2. The van der Waals surface area contributed by atoms with Crippen LogP contribution in [0.2, 0.25) is 0 Å². The first-order chi connectivity index (χ1) is 7.41. The molecule has 0 radical (unpaired) electrons. The van der Waals surface area contributed by atoms with Crippen molar-refractivity contribution in [2.45, 2.75) is 53.3 Å². The third-order valence-corrected chi connectivity index (χ3v) is 1.53. The topological polar surface area (TPSA) is 58.0 Å². The van der Waals surface area contributed by atoms with E-state index in [2.05, 4.69) is 29.1 Å². The van der Waals surface area contributed by atoms with Gasteiger partial charge in [-0.1, -0.05) is 13.8 Å². The van der Waals surface area contributed by atoms with Gasteiger partial charge in [-0.3, -0.25) is 0 Å². The Hall–Kier alpha value is -0.420. The molecular formula is C12H25Cl2N3O. The van der Waals surface area contributed by atoms with Gasteiger partial charge in [0.15, 0.2) is 0 Å². The van der Waals surface area contributed by atoms with E-state index in [-0.39, 0.29) is 30.9 Å². The Morgan fingerprint density at radius 1 is 1.22 bits per heavy atom. The molecule has 1 aromatic rings. The third-order valence-electron chi connectivity index (χ3n) is 1.53. The molecule has 0 atom stereocenters. The van der Waals surface area contributed by atoms with Gasteiger partial charge in [0, 0.05) is 24.9 Å². The van der Waals surface area contributed by atoms with E-state index in [0.29, 0.717) is 6.04 Å². The van der Waals surface area contributed by atoms with E-state index in [9.17, 15) is 0 Å². The van der Waals surface area contributed by atoms with Gasteiger partial charge in [0.1, 0.15) is 5.82 Å².